The first-order chi connectivity index (χ1) is 13.3. The summed E-state index contributed by atoms with van der Waals surface area (Å²) >= 11 is 6.29. The summed E-state index contributed by atoms with van der Waals surface area (Å²) in [6.45, 7) is 1.52. The van der Waals surface area contributed by atoms with E-state index in [1.165, 1.54) is 30.2 Å². The number of thioether (sulfide) groups is 1. The van der Waals surface area contributed by atoms with Gasteiger partial charge in [-0.25, -0.2) is 4.79 Å². The number of furan rings is 1. The van der Waals surface area contributed by atoms with E-state index < -0.39 is 29.6 Å². The minimum atomic E-state index is -1.29. The molecule has 0 radical (unpaired) electrons. The Kier molecular flexibility index (Phi) is 5.52. The molecular weight excluding hydrogens is 404 g/mol. The molecule has 0 bridgehead atoms. The number of nitrogens with zero attached hydrogens (tertiary/aromatic N) is 1. The van der Waals surface area contributed by atoms with Gasteiger partial charge in [0, 0.05) is 17.8 Å². The van der Waals surface area contributed by atoms with Gasteiger partial charge in [0.1, 0.15) is 27.4 Å². The van der Waals surface area contributed by atoms with Gasteiger partial charge in [0.05, 0.1) is 11.2 Å². The Bertz CT molecular complexity index is 1000. The smallest absolute Gasteiger partial charge is 0.339 e. The summed E-state index contributed by atoms with van der Waals surface area (Å²) in [6, 6.07) is 6.09. The maximum absolute atomic E-state index is 12.6. The molecule has 8 nitrogen and oxygen atoms in total. The molecular formula is C18H14N2O6S2. The van der Waals surface area contributed by atoms with E-state index in [1.807, 2.05) is 0 Å². The highest BCUT2D eigenvalue weighted by atomic mass is 32.2. The average Bonchev–Trinajstić information content (AvgIpc) is 3.22. The van der Waals surface area contributed by atoms with Crippen LogP contribution in [0.5, 0.6) is 5.75 Å². The highest BCUT2D eigenvalue weighted by Gasteiger charge is 2.38. The van der Waals surface area contributed by atoms with Gasteiger partial charge in [0.25, 0.3) is 5.91 Å². The lowest BCUT2D eigenvalue weighted by Gasteiger charge is -2.22. The van der Waals surface area contributed by atoms with Gasteiger partial charge < -0.3 is 19.9 Å². The van der Waals surface area contributed by atoms with Crippen LogP contribution in [-0.4, -0.2) is 43.3 Å². The van der Waals surface area contributed by atoms with Crippen LogP contribution in [0, 0.1) is 0 Å². The van der Waals surface area contributed by atoms with Crippen LogP contribution in [0.4, 0.5) is 5.69 Å². The lowest BCUT2D eigenvalue weighted by Crippen LogP contribution is -2.44. The number of hydrogen-bond acceptors (Lipinski definition) is 7. The van der Waals surface area contributed by atoms with Crippen molar-refractivity contribution < 1.29 is 29.0 Å². The summed E-state index contributed by atoms with van der Waals surface area (Å²) in [4.78, 5) is 37.6. The summed E-state index contributed by atoms with van der Waals surface area (Å²) in [5, 5.41) is 21.2. The van der Waals surface area contributed by atoms with E-state index in [1.54, 1.807) is 18.2 Å². The van der Waals surface area contributed by atoms with Crippen molar-refractivity contribution in [3.05, 3.63) is 52.8 Å². The molecule has 1 aliphatic rings. The first-order valence-electron chi connectivity index (χ1n) is 7.95. The number of phenols is 1. The van der Waals surface area contributed by atoms with Crippen LogP contribution in [0.2, 0.25) is 0 Å². The number of carbonyl (C=O) groups is 3. The first kappa shape index (κ1) is 19.6. The van der Waals surface area contributed by atoms with Gasteiger partial charge in [-0.1, -0.05) is 24.0 Å². The Morgan fingerprint density at radius 3 is 2.71 bits per heavy atom. The van der Waals surface area contributed by atoms with Gasteiger partial charge in [0.15, 0.2) is 0 Å². The topological polar surface area (TPSA) is 120 Å². The molecule has 0 saturated carbocycles. The minimum Gasteiger partial charge on any atom is -0.507 e. The summed E-state index contributed by atoms with van der Waals surface area (Å²) in [7, 11) is 0. The molecule has 0 aliphatic carbocycles. The quantitative estimate of drug-likeness (QED) is 0.501. The van der Waals surface area contributed by atoms with Gasteiger partial charge in [-0.15, -0.1) is 0 Å². The van der Waals surface area contributed by atoms with E-state index in [-0.39, 0.29) is 15.6 Å². The van der Waals surface area contributed by atoms with Crippen molar-refractivity contribution in [2.75, 3.05) is 5.32 Å². The summed E-state index contributed by atoms with van der Waals surface area (Å²) in [6.07, 6.45) is 3.03. The third-order valence-electron chi connectivity index (χ3n) is 3.90. The number of carboxylic acids is 1. The van der Waals surface area contributed by atoms with Crippen molar-refractivity contribution in [2.45, 2.75) is 13.0 Å². The SMILES string of the molecule is CC(C(=O)Nc1ccc(C(=O)O)c(O)c1)N1C(=O)C(=Cc2ccco2)SC1=S. The second-order valence-electron chi connectivity index (χ2n) is 5.77. The Morgan fingerprint density at radius 2 is 2.11 bits per heavy atom. The molecule has 1 unspecified atom stereocenters. The predicted molar refractivity (Wildman–Crippen MR) is 107 cm³/mol. The zero-order valence-corrected chi connectivity index (χ0v) is 16.0. The van der Waals surface area contributed by atoms with Crippen LogP contribution in [0.3, 0.4) is 0 Å². The highest BCUT2D eigenvalue weighted by molar-refractivity contribution is 8.26. The number of benzene rings is 1. The average molecular weight is 418 g/mol. The van der Waals surface area contributed by atoms with Crippen molar-refractivity contribution in [2.24, 2.45) is 0 Å². The van der Waals surface area contributed by atoms with Crippen LogP contribution >= 0.6 is 24.0 Å². The Morgan fingerprint density at radius 1 is 1.36 bits per heavy atom. The fourth-order valence-corrected chi connectivity index (χ4v) is 3.87. The molecule has 1 aromatic heterocycles. The maximum Gasteiger partial charge on any atom is 0.339 e. The second kappa shape index (κ2) is 7.87. The molecule has 28 heavy (non-hydrogen) atoms. The van der Waals surface area contributed by atoms with Crippen LogP contribution in [-0.2, 0) is 9.59 Å². The van der Waals surface area contributed by atoms with E-state index in [2.05, 4.69) is 5.32 Å². The largest absolute Gasteiger partial charge is 0.507 e. The van der Waals surface area contributed by atoms with Crippen LogP contribution in [0.15, 0.2) is 45.9 Å². The van der Waals surface area contributed by atoms with Crippen molar-refractivity contribution >= 4 is 57.8 Å². The molecule has 1 atom stereocenters. The molecule has 2 amide bonds. The zero-order valence-electron chi connectivity index (χ0n) is 14.4. The number of nitrogens with one attached hydrogen (secondary N) is 1. The monoisotopic (exact) mass is 418 g/mol. The van der Waals surface area contributed by atoms with Crippen LogP contribution < -0.4 is 5.32 Å². The third-order valence-corrected chi connectivity index (χ3v) is 5.23. The number of rotatable bonds is 5. The van der Waals surface area contributed by atoms with Gasteiger partial charge in [-0.05, 0) is 31.2 Å². The normalized spacial score (nSPS) is 16.5. The lowest BCUT2D eigenvalue weighted by molar-refractivity contribution is -0.129. The van der Waals surface area contributed by atoms with Crippen molar-refractivity contribution in [1.29, 1.82) is 0 Å². The molecule has 1 aromatic carbocycles. The molecule has 144 valence electrons. The third kappa shape index (κ3) is 3.92. The molecule has 1 aliphatic heterocycles. The van der Waals surface area contributed by atoms with Gasteiger partial charge >= 0.3 is 5.97 Å². The number of thiocarbonyl (C=S) groups is 1. The summed E-state index contributed by atoms with van der Waals surface area (Å²) in [5.41, 5.74) is -0.0954. The molecule has 3 N–H and O–H groups in total. The molecule has 1 fully saturated rings. The Labute approximate surface area is 168 Å². The standard InChI is InChI=1S/C18H14N2O6S2/c1-9(15(22)19-10-4-5-12(17(24)25)13(21)7-10)20-16(23)14(28-18(20)27)8-11-3-2-6-26-11/h2-9,21H,1H3,(H,19,22)(H,24,25). The predicted octanol–water partition coefficient (Wildman–Crippen LogP) is 2.91. The zero-order chi connectivity index (χ0) is 20.4. The van der Waals surface area contributed by atoms with Crippen LogP contribution in [0.25, 0.3) is 6.08 Å². The Hall–Kier alpha value is -3.11. The van der Waals surface area contributed by atoms with E-state index in [0.29, 0.717) is 10.7 Å². The highest BCUT2D eigenvalue weighted by Crippen LogP contribution is 2.34. The molecule has 2 heterocycles. The van der Waals surface area contributed by atoms with Crippen molar-refractivity contribution in [3.8, 4) is 5.75 Å². The van der Waals surface area contributed by atoms with Crippen molar-refractivity contribution in [1.82, 2.24) is 4.90 Å². The van der Waals surface area contributed by atoms with E-state index in [9.17, 15) is 19.5 Å². The van der Waals surface area contributed by atoms with Gasteiger partial charge in [0.2, 0.25) is 5.91 Å². The van der Waals surface area contributed by atoms with E-state index in [4.69, 9.17) is 21.7 Å². The lowest BCUT2D eigenvalue weighted by atomic mass is 10.1. The fraction of sp³-hybridized carbons (Fsp3) is 0.111. The molecule has 0 spiro atoms. The fourth-order valence-electron chi connectivity index (χ4n) is 2.47. The number of aromatic hydroxyl groups is 1. The molecule has 3 rings (SSSR count). The number of amides is 2. The summed E-state index contributed by atoms with van der Waals surface area (Å²) in [5.74, 6) is -2.24. The number of hydrogen-bond donors (Lipinski definition) is 3. The second-order valence-corrected chi connectivity index (χ2v) is 7.45. The van der Waals surface area contributed by atoms with Gasteiger partial charge in [-0.3, -0.25) is 14.5 Å². The van der Waals surface area contributed by atoms with Crippen LogP contribution in [0.1, 0.15) is 23.0 Å². The maximum atomic E-state index is 12.6. The van der Waals surface area contributed by atoms with E-state index >= 15 is 0 Å². The van der Waals surface area contributed by atoms with Crippen molar-refractivity contribution in [3.63, 3.8) is 0 Å². The first-order valence-corrected chi connectivity index (χ1v) is 9.18. The van der Waals surface area contributed by atoms with Gasteiger partial charge in [-0.2, -0.15) is 0 Å². The summed E-state index contributed by atoms with van der Waals surface area (Å²) < 4.78 is 5.42. The van der Waals surface area contributed by atoms with E-state index in [0.717, 1.165) is 17.8 Å². The number of carbonyl (C=O) groups excluding carboxylic acids is 2. The molecule has 1 saturated heterocycles. The molecule has 10 heteroatoms. The molecule has 2 aromatic rings. The Balaban J connectivity index is 1.74. The number of aromatic carboxylic acids is 1. The number of anilines is 1. The minimum absolute atomic E-state index is 0.191. The number of carboxylic acid groups (broad SMARTS) is 1.